The Hall–Kier alpha value is -1.93. The Morgan fingerprint density at radius 1 is 0.583 bits per heavy atom. The van der Waals surface area contributed by atoms with Gasteiger partial charge in [0, 0.05) is 0 Å². The van der Waals surface area contributed by atoms with Gasteiger partial charge in [-0.25, -0.2) is 0 Å². The van der Waals surface area contributed by atoms with Crippen molar-refractivity contribution < 1.29 is 50.0 Å². The molecule has 8 N–H and O–H groups in total. The summed E-state index contributed by atoms with van der Waals surface area (Å²) in [5, 5.41) is 75.7. The first-order chi connectivity index (χ1) is 29.2. The lowest BCUT2D eigenvalue weighted by Crippen LogP contribution is -2.60. The van der Waals surface area contributed by atoms with Crippen LogP contribution in [0.3, 0.4) is 0 Å². The van der Waals surface area contributed by atoms with E-state index in [9.17, 15) is 40.5 Å². The molecule has 0 aromatic carbocycles. The van der Waals surface area contributed by atoms with Crippen LogP contribution in [-0.4, -0.2) is 110 Å². The third-order valence-electron chi connectivity index (χ3n) is 11.3. The highest BCUT2D eigenvalue weighted by atomic mass is 16.7. The standard InChI is InChI=1S/C49H89NO10/c1-3-5-7-9-11-13-15-17-19-21-23-24-26-28-30-32-34-36-41(52)44(54)40(39-59-49-47(57)46(56)45(55)43(38-51)60-49)50-48(58)42(53)37-35-33-31-29-27-25-22-20-18-16-14-12-10-8-6-4-2/h12,14,18,20-21,23,28,30,40-47,49,51-57H,3-11,13,15-17,19,22,24-27,29,31-39H2,1-2H3,(H,50,58)/b14-12-,20-18-,23-21+,30-28+. The van der Waals surface area contributed by atoms with E-state index < -0.39 is 74.2 Å². The van der Waals surface area contributed by atoms with Crippen LogP contribution in [0, 0.1) is 0 Å². The lowest BCUT2D eigenvalue weighted by atomic mass is 9.98. The van der Waals surface area contributed by atoms with Crippen LogP contribution < -0.4 is 5.32 Å². The number of allylic oxidation sites excluding steroid dienone is 8. The third kappa shape index (κ3) is 27.9. The Morgan fingerprint density at radius 2 is 1.05 bits per heavy atom. The van der Waals surface area contributed by atoms with E-state index in [0.717, 1.165) is 70.6 Å². The molecule has 9 atom stereocenters. The molecule has 1 fully saturated rings. The number of hydrogen-bond donors (Lipinski definition) is 8. The molecule has 1 aliphatic rings. The van der Waals surface area contributed by atoms with Crippen LogP contribution in [0.1, 0.15) is 187 Å². The SMILES string of the molecule is CCCCC/C=C\C/C=C\CCCCCCCCC(O)C(=O)NC(COC1OC(CO)C(O)C(O)C1O)C(O)C(O)CCC/C=C/CC/C=C/CCCCCCCCCC. The molecule has 0 aromatic rings. The molecule has 11 heteroatoms. The molecule has 0 aromatic heterocycles. The molecule has 350 valence electrons. The summed E-state index contributed by atoms with van der Waals surface area (Å²) in [4.78, 5) is 13.1. The van der Waals surface area contributed by atoms with Crippen LogP contribution in [0.4, 0.5) is 0 Å². The number of aliphatic hydroxyl groups is 7. The molecule has 1 aliphatic heterocycles. The molecule has 9 unspecified atom stereocenters. The zero-order chi connectivity index (χ0) is 44.1. The quantitative estimate of drug-likeness (QED) is 0.0221. The molecule has 0 saturated carbocycles. The number of rotatable bonds is 39. The van der Waals surface area contributed by atoms with Gasteiger partial charge in [0.25, 0.3) is 0 Å². The molecule has 1 rings (SSSR count). The molecule has 0 spiro atoms. The fourth-order valence-corrected chi connectivity index (χ4v) is 7.31. The average molecular weight is 852 g/mol. The van der Waals surface area contributed by atoms with Crippen molar-refractivity contribution >= 4 is 5.91 Å². The van der Waals surface area contributed by atoms with Gasteiger partial charge in [0.2, 0.25) is 5.91 Å². The molecule has 60 heavy (non-hydrogen) atoms. The molecule has 0 radical (unpaired) electrons. The van der Waals surface area contributed by atoms with Gasteiger partial charge in [-0.1, -0.05) is 152 Å². The van der Waals surface area contributed by atoms with Crippen molar-refractivity contribution in [2.45, 2.75) is 242 Å². The van der Waals surface area contributed by atoms with Crippen LogP contribution in [0.15, 0.2) is 48.6 Å². The van der Waals surface area contributed by atoms with Gasteiger partial charge in [0.05, 0.1) is 25.4 Å². The Balaban J connectivity index is 2.49. The van der Waals surface area contributed by atoms with Gasteiger partial charge < -0.3 is 50.5 Å². The maximum Gasteiger partial charge on any atom is 0.249 e. The number of carbonyl (C=O) groups is 1. The van der Waals surface area contributed by atoms with Crippen LogP contribution >= 0.6 is 0 Å². The van der Waals surface area contributed by atoms with Crippen molar-refractivity contribution in [1.29, 1.82) is 0 Å². The Labute approximate surface area is 364 Å². The van der Waals surface area contributed by atoms with E-state index in [1.807, 2.05) is 0 Å². The number of carbonyl (C=O) groups excluding carboxylic acids is 1. The smallest absolute Gasteiger partial charge is 0.249 e. The second-order valence-corrected chi connectivity index (χ2v) is 16.8. The Morgan fingerprint density at radius 3 is 1.62 bits per heavy atom. The summed E-state index contributed by atoms with van der Waals surface area (Å²) in [5.41, 5.74) is 0. The maximum absolute atomic E-state index is 13.1. The minimum Gasteiger partial charge on any atom is -0.394 e. The molecular weight excluding hydrogens is 763 g/mol. The lowest BCUT2D eigenvalue weighted by Gasteiger charge is -2.40. The maximum atomic E-state index is 13.1. The average Bonchev–Trinajstić information content (AvgIpc) is 3.25. The molecule has 1 heterocycles. The zero-order valence-corrected chi connectivity index (χ0v) is 37.7. The van der Waals surface area contributed by atoms with Gasteiger partial charge >= 0.3 is 0 Å². The van der Waals surface area contributed by atoms with Crippen LogP contribution in [0.25, 0.3) is 0 Å². The van der Waals surface area contributed by atoms with E-state index in [0.29, 0.717) is 19.3 Å². The van der Waals surface area contributed by atoms with E-state index in [2.05, 4.69) is 67.8 Å². The highest BCUT2D eigenvalue weighted by molar-refractivity contribution is 5.80. The number of hydrogen-bond acceptors (Lipinski definition) is 10. The van der Waals surface area contributed by atoms with Gasteiger partial charge in [-0.3, -0.25) is 4.79 Å². The van der Waals surface area contributed by atoms with Crippen molar-refractivity contribution in [2.75, 3.05) is 13.2 Å². The summed E-state index contributed by atoms with van der Waals surface area (Å²) in [6.07, 6.45) is 34.4. The summed E-state index contributed by atoms with van der Waals surface area (Å²) < 4.78 is 11.1. The molecule has 1 amide bonds. The number of ether oxygens (including phenoxy) is 2. The van der Waals surface area contributed by atoms with Crippen LogP contribution in [0.5, 0.6) is 0 Å². The van der Waals surface area contributed by atoms with Crippen molar-refractivity contribution in [3.05, 3.63) is 48.6 Å². The first-order valence-electron chi connectivity index (χ1n) is 24.0. The molecule has 1 saturated heterocycles. The first kappa shape index (κ1) is 56.1. The topological polar surface area (TPSA) is 189 Å². The van der Waals surface area contributed by atoms with Gasteiger partial charge in [-0.15, -0.1) is 0 Å². The lowest BCUT2D eigenvalue weighted by molar-refractivity contribution is -0.303. The van der Waals surface area contributed by atoms with Crippen molar-refractivity contribution in [3.63, 3.8) is 0 Å². The summed E-state index contributed by atoms with van der Waals surface area (Å²) in [6, 6.07) is -1.20. The highest BCUT2D eigenvalue weighted by Crippen LogP contribution is 2.23. The molecule has 0 aliphatic carbocycles. The molecule has 0 bridgehead atoms. The van der Waals surface area contributed by atoms with Crippen molar-refractivity contribution in [3.8, 4) is 0 Å². The Kier molecular flexibility index (Phi) is 36.2. The van der Waals surface area contributed by atoms with E-state index in [4.69, 9.17) is 9.47 Å². The van der Waals surface area contributed by atoms with Gasteiger partial charge in [0.15, 0.2) is 6.29 Å². The normalized spacial score (nSPS) is 22.1. The summed E-state index contributed by atoms with van der Waals surface area (Å²) >= 11 is 0. The number of unbranched alkanes of at least 4 members (excludes halogenated alkanes) is 19. The van der Waals surface area contributed by atoms with E-state index in [-0.39, 0.29) is 12.8 Å². The van der Waals surface area contributed by atoms with Crippen molar-refractivity contribution in [1.82, 2.24) is 5.32 Å². The van der Waals surface area contributed by atoms with Gasteiger partial charge in [0.1, 0.15) is 36.6 Å². The zero-order valence-electron chi connectivity index (χ0n) is 37.7. The summed E-state index contributed by atoms with van der Waals surface area (Å²) in [7, 11) is 0. The molecule has 11 nitrogen and oxygen atoms in total. The molecular formula is C49H89NO10. The minimum absolute atomic E-state index is 0.237. The fourth-order valence-electron chi connectivity index (χ4n) is 7.31. The highest BCUT2D eigenvalue weighted by Gasteiger charge is 2.44. The van der Waals surface area contributed by atoms with E-state index in [1.165, 1.54) is 70.6 Å². The third-order valence-corrected chi connectivity index (χ3v) is 11.3. The monoisotopic (exact) mass is 852 g/mol. The number of amides is 1. The van der Waals surface area contributed by atoms with Crippen LogP contribution in [-0.2, 0) is 14.3 Å². The second-order valence-electron chi connectivity index (χ2n) is 16.8. The predicted octanol–water partition coefficient (Wildman–Crippen LogP) is 8.17. The first-order valence-corrected chi connectivity index (χ1v) is 24.0. The number of aliphatic hydroxyl groups excluding tert-OH is 7. The van der Waals surface area contributed by atoms with E-state index >= 15 is 0 Å². The fraction of sp³-hybridized carbons (Fsp3) is 0.816. The van der Waals surface area contributed by atoms with E-state index in [1.54, 1.807) is 0 Å². The minimum atomic E-state index is -1.67. The van der Waals surface area contributed by atoms with Gasteiger partial charge in [-0.05, 0) is 83.5 Å². The summed E-state index contributed by atoms with van der Waals surface area (Å²) in [5.74, 6) is -0.721. The van der Waals surface area contributed by atoms with Gasteiger partial charge in [-0.2, -0.15) is 0 Å². The van der Waals surface area contributed by atoms with Crippen LogP contribution in [0.2, 0.25) is 0 Å². The van der Waals surface area contributed by atoms with Crippen molar-refractivity contribution in [2.24, 2.45) is 0 Å². The number of nitrogens with one attached hydrogen (secondary N) is 1. The largest absolute Gasteiger partial charge is 0.394 e. The second kappa shape index (κ2) is 38.7. The predicted molar refractivity (Wildman–Crippen MR) is 242 cm³/mol. The summed E-state index contributed by atoms with van der Waals surface area (Å²) in [6.45, 7) is 3.38. The Bertz CT molecular complexity index is 1110.